The van der Waals surface area contributed by atoms with Crippen molar-refractivity contribution in [3.8, 4) is 0 Å². The molecular weight excluding hydrogens is 219 g/mol. The van der Waals surface area contributed by atoms with Crippen LogP contribution in [0.3, 0.4) is 0 Å². The first-order valence-corrected chi connectivity index (χ1v) is 4.94. The first-order valence-electron chi connectivity index (χ1n) is 3.37. The molecular formula is C5H13O8P. The highest BCUT2D eigenvalue weighted by Crippen LogP contribution is 2.25. The molecule has 8 nitrogen and oxygen atoms in total. The first kappa shape index (κ1) is 16.1. The van der Waals surface area contributed by atoms with Gasteiger partial charge >= 0.3 is 7.82 Å². The summed E-state index contributed by atoms with van der Waals surface area (Å²) >= 11 is 0. The van der Waals surface area contributed by atoms with Crippen LogP contribution in [0.2, 0.25) is 0 Å². The smallest absolute Gasteiger partial charge is 0.391 e. The fourth-order valence-corrected chi connectivity index (χ4v) is 0.366. The zero-order valence-electron chi connectivity index (χ0n) is 7.26. The summed E-state index contributed by atoms with van der Waals surface area (Å²) in [4.78, 5) is 31.3. The van der Waals surface area contributed by atoms with Gasteiger partial charge in [0, 0.05) is 0 Å². The van der Waals surface area contributed by atoms with Crippen molar-refractivity contribution in [2.45, 2.75) is 25.2 Å². The van der Waals surface area contributed by atoms with Crippen molar-refractivity contribution >= 4 is 14.1 Å². The number of rotatable bonds is 3. The third kappa shape index (κ3) is 14.2. The van der Waals surface area contributed by atoms with E-state index in [1.54, 1.807) is 0 Å². The van der Waals surface area contributed by atoms with Crippen molar-refractivity contribution in [2.24, 2.45) is 0 Å². The molecule has 6 N–H and O–H groups in total. The molecule has 0 rings (SSSR count). The molecule has 0 aromatic carbocycles. The average Bonchev–Trinajstić information content (AvgIpc) is 1.98. The molecule has 0 saturated carbocycles. The van der Waals surface area contributed by atoms with E-state index in [0.29, 0.717) is 0 Å². The third-order valence-electron chi connectivity index (χ3n) is 0.984. The van der Waals surface area contributed by atoms with Crippen LogP contribution in [-0.2, 0) is 9.36 Å². The Morgan fingerprint density at radius 3 is 1.50 bits per heavy atom. The maximum atomic E-state index is 9.73. The summed E-state index contributed by atoms with van der Waals surface area (Å²) in [7, 11) is -4.64. The van der Waals surface area contributed by atoms with Crippen LogP contribution >= 0.6 is 7.82 Å². The van der Waals surface area contributed by atoms with Crippen molar-refractivity contribution in [1.29, 1.82) is 0 Å². The monoisotopic (exact) mass is 232 g/mol. The normalized spacial score (nSPS) is 17.4. The third-order valence-corrected chi connectivity index (χ3v) is 0.984. The van der Waals surface area contributed by atoms with Crippen molar-refractivity contribution in [3.63, 3.8) is 0 Å². The second kappa shape index (κ2) is 7.02. The van der Waals surface area contributed by atoms with Crippen LogP contribution in [0, 0.1) is 0 Å². The van der Waals surface area contributed by atoms with Crippen molar-refractivity contribution in [1.82, 2.24) is 0 Å². The van der Waals surface area contributed by atoms with E-state index in [9.17, 15) is 4.79 Å². The predicted octanol–water partition coefficient (Wildman–Crippen LogP) is -2.64. The van der Waals surface area contributed by atoms with Crippen LogP contribution in [0.15, 0.2) is 0 Å². The van der Waals surface area contributed by atoms with Gasteiger partial charge in [-0.3, -0.25) is 0 Å². The zero-order valence-corrected chi connectivity index (χ0v) is 8.15. The molecule has 0 saturated heterocycles. The van der Waals surface area contributed by atoms with Gasteiger partial charge in [-0.1, -0.05) is 0 Å². The SMILES string of the molecule is C[C@@H](O)[C@@H](O)[C@@H](O)C=O.O=P(O)(O)O. The van der Waals surface area contributed by atoms with E-state index >= 15 is 0 Å². The maximum absolute atomic E-state index is 9.73. The zero-order chi connectivity index (χ0) is 11.9. The highest BCUT2D eigenvalue weighted by atomic mass is 31.2. The summed E-state index contributed by atoms with van der Waals surface area (Å²) in [6.45, 7) is 1.29. The average molecular weight is 232 g/mol. The van der Waals surface area contributed by atoms with Gasteiger partial charge in [0.1, 0.15) is 12.2 Å². The summed E-state index contributed by atoms with van der Waals surface area (Å²) in [5.74, 6) is 0. The summed E-state index contributed by atoms with van der Waals surface area (Å²) < 4.78 is 8.88. The van der Waals surface area contributed by atoms with E-state index in [4.69, 9.17) is 34.6 Å². The van der Waals surface area contributed by atoms with Crippen LogP contribution in [-0.4, -0.2) is 54.6 Å². The maximum Gasteiger partial charge on any atom is 0.466 e. The van der Waals surface area contributed by atoms with Crippen LogP contribution < -0.4 is 0 Å². The molecule has 9 heteroatoms. The van der Waals surface area contributed by atoms with Gasteiger partial charge in [-0.05, 0) is 6.92 Å². The molecule has 0 unspecified atom stereocenters. The Labute approximate surface area is 79.7 Å². The minimum Gasteiger partial charge on any atom is -0.391 e. The molecule has 0 heterocycles. The van der Waals surface area contributed by atoms with Crippen molar-refractivity contribution in [2.75, 3.05) is 0 Å². The summed E-state index contributed by atoms with van der Waals surface area (Å²) in [5.41, 5.74) is 0. The lowest BCUT2D eigenvalue weighted by molar-refractivity contribution is -0.125. The summed E-state index contributed by atoms with van der Waals surface area (Å²) in [5, 5.41) is 25.7. The highest BCUT2D eigenvalue weighted by Gasteiger charge is 2.19. The molecule has 0 fully saturated rings. The Morgan fingerprint density at radius 2 is 1.43 bits per heavy atom. The fourth-order valence-electron chi connectivity index (χ4n) is 0.366. The van der Waals surface area contributed by atoms with Gasteiger partial charge in [-0.25, -0.2) is 4.57 Å². The van der Waals surface area contributed by atoms with Crippen LogP contribution in [0.5, 0.6) is 0 Å². The molecule has 0 aromatic heterocycles. The van der Waals surface area contributed by atoms with E-state index in [-0.39, 0.29) is 6.29 Å². The fraction of sp³-hybridized carbons (Fsp3) is 0.800. The van der Waals surface area contributed by atoms with E-state index in [0.717, 1.165) is 0 Å². The number of aliphatic hydroxyl groups excluding tert-OH is 3. The number of carbonyl (C=O) groups is 1. The van der Waals surface area contributed by atoms with Gasteiger partial charge in [0.05, 0.1) is 6.10 Å². The van der Waals surface area contributed by atoms with Gasteiger partial charge in [0.15, 0.2) is 6.29 Å². The van der Waals surface area contributed by atoms with Crippen LogP contribution in [0.4, 0.5) is 0 Å². The van der Waals surface area contributed by atoms with Gasteiger partial charge in [0.25, 0.3) is 0 Å². The Hall–Kier alpha value is -0.340. The number of hydrogen-bond acceptors (Lipinski definition) is 5. The van der Waals surface area contributed by atoms with E-state index < -0.39 is 26.1 Å². The van der Waals surface area contributed by atoms with E-state index in [1.165, 1.54) is 6.92 Å². The van der Waals surface area contributed by atoms with Gasteiger partial charge in [-0.15, -0.1) is 0 Å². The van der Waals surface area contributed by atoms with Crippen molar-refractivity contribution in [3.05, 3.63) is 0 Å². The lowest BCUT2D eigenvalue weighted by atomic mass is 10.1. The molecule has 0 bridgehead atoms. The lowest BCUT2D eigenvalue weighted by Gasteiger charge is -2.14. The van der Waals surface area contributed by atoms with Gasteiger partial charge in [-0.2, -0.15) is 0 Å². The molecule has 0 aliphatic heterocycles. The molecule has 3 atom stereocenters. The van der Waals surface area contributed by atoms with Crippen molar-refractivity contribution < 1.29 is 39.4 Å². The summed E-state index contributed by atoms with van der Waals surface area (Å²) in [6.07, 6.45) is -3.75. The minimum absolute atomic E-state index is 0.178. The lowest BCUT2D eigenvalue weighted by Crippen LogP contribution is -2.36. The first-order chi connectivity index (χ1) is 6.09. The highest BCUT2D eigenvalue weighted by molar-refractivity contribution is 7.45. The molecule has 86 valence electrons. The van der Waals surface area contributed by atoms with E-state index in [1.807, 2.05) is 0 Å². The minimum atomic E-state index is -4.64. The molecule has 14 heavy (non-hydrogen) atoms. The summed E-state index contributed by atoms with van der Waals surface area (Å²) in [6, 6.07) is 0. The molecule has 0 radical (unpaired) electrons. The Bertz CT molecular complexity index is 190. The quantitative estimate of drug-likeness (QED) is 0.228. The van der Waals surface area contributed by atoms with E-state index in [2.05, 4.69) is 0 Å². The number of aldehydes is 1. The molecule has 0 aliphatic rings. The van der Waals surface area contributed by atoms with Gasteiger partial charge in [0.2, 0.25) is 0 Å². The number of aliphatic hydroxyl groups is 3. The van der Waals surface area contributed by atoms with Crippen LogP contribution in [0.25, 0.3) is 0 Å². The molecule has 0 aromatic rings. The van der Waals surface area contributed by atoms with Gasteiger partial charge < -0.3 is 34.8 Å². The second-order valence-corrected chi connectivity index (χ2v) is 3.40. The number of carbonyl (C=O) groups excluding carboxylic acids is 1. The molecule has 0 aliphatic carbocycles. The molecule has 0 spiro atoms. The number of hydrogen-bond donors (Lipinski definition) is 6. The number of phosphoric acid groups is 1. The Morgan fingerprint density at radius 1 is 1.14 bits per heavy atom. The van der Waals surface area contributed by atoms with Crippen LogP contribution in [0.1, 0.15) is 6.92 Å². The molecule has 0 amide bonds. The topological polar surface area (TPSA) is 156 Å². The Kier molecular flexibility index (Phi) is 8.07. The second-order valence-electron chi connectivity index (χ2n) is 2.37. The Balaban J connectivity index is 0. The largest absolute Gasteiger partial charge is 0.466 e. The predicted molar refractivity (Wildman–Crippen MR) is 44.0 cm³/mol. The standard InChI is InChI=1S/C5H10O4.H3O4P/c1-3(7)5(9)4(8)2-6;1-5(2,3)4/h2-5,7-9H,1H3;(H3,1,2,3,4)/t3-,4+,5-;/m1./s1.